The lowest BCUT2D eigenvalue weighted by Crippen LogP contribution is -2.34. The van der Waals surface area contributed by atoms with E-state index in [0.717, 1.165) is 15.8 Å². The Morgan fingerprint density at radius 2 is 1.96 bits per heavy atom. The molecule has 0 radical (unpaired) electrons. The molecule has 0 saturated heterocycles. The molecule has 1 aliphatic rings. The zero-order valence-electron chi connectivity index (χ0n) is 12.2. The minimum absolute atomic E-state index is 0.163. The third-order valence-electron chi connectivity index (χ3n) is 3.25. The minimum atomic E-state index is -0.486. The summed E-state index contributed by atoms with van der Waals surface area (Å²) in [7, 11) is 0. The van der Waals surface area contributed by atoms with Crippen LogP contribution in [-0.4, -0.2) is 17.1 Å². The van der Waals surface area contributed by atoms with E-state index < -0.39 is 6.10 Å². The maximum absolute atomic E-state index is 11.7. The van der Waals surface area contributed by atoms with E-state index in [2.05, 4.69) is 31.9 Å². The Balaban J connectivity index is 1.70. The Kier molecular flexibility index (Phi) is 4.49. The van der Waals surface area contributed by atoms with Crippen LogP contribution in [-0.2, 0) is 4.79 Å². The summed E-state index contributed by atoms with van der Waals surface area (Å²) in [5.74, 6) is 0.484. The van der Waals surface area contributed by atoms with Crippen molar-refractivity contribution in [2.75, 3.05) is 16.0 Å². The van der Waals surface area contributed by atoms with E-state index in [-0.39, 0.29) is 5.91 Å². The highest BCUT2D eigenvalue weighted by molar-refractivity contribution is 9.10. The largest absolute Gasteiger partial charge is 0.479 e. The molecular weight excluding hydrogens is 378 g/mol. The Hall–Kier alpha value is -2.12. The number of hydrogen-bond acceptors (Lipinski definition) is 3. The molecule has 1 atom stereocenters. The topological polar surface area (TPSA) is 62.4 Å². The van der Waals surface area contributed by atoms with Crippen molar-refractivity contribution in [3.8, 4) is 5.75 Å². The first-order valence-electron chi connectivity index (χ1n) is 6.96. The first-order valence-corrected chi connectivity index (χ1v) is 8.16. The van der Waals surface area contributed by atoms with Gasteiger partial charge in [0.15, 0.2) is 11.2 Å². The minimum Gasteiger partial charge on any atom is -0.479 e. The number of rotatable bonds is 2. The number of benzene rings is 2. The van der Waals surface area contributed by atoms with Crippen molar-refractivity contribution in [2.24, 2.45) is 0 Å². The highest BCUT2D eigenvalue weighted by Gasteiger charge is 2.23. The molecule has 0 aliphatic carbocycles. The average molecular weight is 392 g/mol. The number of carbonyl (C=O) groups excluding carboxylic acids is 1. The number of ether oxygens (including phenoxy) is 1. The normalized spacial score (nSPS) is 15.9. The number of fused-ring (bicyclic) bond motifs is 1. The summed E-state index contributed by atoms with van der Waals surface area (Å²) < 4.78 is 6.49. The van der Waals surface area contributed by atoms with Gasteiger partial charge in [-0.1, -0.05) is 22.0 Å². The van der Waals surface area contributed by atoms with Gasteiger partial charge in [0.25, 0.3) is 5.91 Å². The monoisotopic (exact) mass is 391 g/mol. The summed E-state index contributed by atoms with van der Waals surface area (Å²) in [4.78, 5) is 11.7. The fraction of sp³-hybridized carbons (Fsp3) is 0.125. The Labute approximate surface area is 147 Å². The molecule has 1 aliphatic heterocycles. The SMILES string of the molecule is C[C@@H]1Oc2ccc(NC(=S)Nc3cccc(Br)c3)cc2NC1=O. The van der Waals surface area contributed by atoms with E-state index in [1.165, 1.54) is 0 Å². The van der Waals surface area contributed by atoms with Crippen molar-refractivity contribution in [3.63, 3.8) is 0 Å². The van der Waals surface area contributed by atoms with E-state index in [9.17, 15) is 4.79 Å². The highest BCUT2D eigenvalue weighted by Crippen LogP contribution is 2.32. The first kappa shape index (κ1) is 15.8. The predicted octanol–water partition coefficient (Wildman–Crippen LogP) is 3.98. The fourth-order valence-corrected chi connectivity index (χ4v) is 2.78. The molecule has 3 N–H and O–H groups in total. The standard InChI is InChI=1S/C16H14BrN3O2S/c1-9-15(21)20-13-8-12(5-6-14(13)22-9)19-16(23)18-11-4-2-3-10(17)7-11/h2-9H,1H3,(H,20,21)(H2,18,19,23)/t9-/m0/s1. The van der Waals surface area contributed by atoms with Crippen LogP contribution in [0.5, 0.6) is 5.75 Å². The Morgan fingerprint density at radius 3 is 2.70 bits per heavy atom. The van der Waals surface area contributed by atoms with E-state index in [1.54, 1.807) is 19.1 Å². The smallest absolute Gasteiger partial charge is 0.265 e. The lowest BCUT2D eigenvalue weighted by atomic mass is 10.2. The van der Waals surface area contributed by atoms with Crippen molar-refractivity contribution in [3.05, 3.63) is 46.9 Å². The maximum atomic E-state index is 11.7. The van der Waals surface area contributed by atoms with Crippen LogP contribution in [0.2, 0.25) is 0 Å². The molecule has 2 aromatic carbocycles. The van der Waals surface area contributed by atoms with Crippen LogP contribution in [0.3, 0.4) is 0 Å². The summed E-state index contributed by atoms with van der Waals surface area (Å²) in [5.41, 5.74) is 2.26. The van der Waals surface area contributed by atoms with Crippen molar-refractivity contribution in [2.45, 2.75) is 13.0 Å². The van der Waals surface area contributed by atoms with Gasteiger partial charge in [0.1, 0.15) is 5.75 Å². The molecule has 2 aromatic rings. The molecule has 5 nitrogen and oxygen atoms in total. The highest BCUT2D eigenvalue weighted by atomic mass is 79.9. The van der Waals surface area contributed by atoms with Gasteiger partial charge >= 0.3 is 0 Å². The van der Waals surface area contributed by atoms with E-state index in [0.29, 0.717) is 16.5 Å². The Bertz CT molecular complexity index is 782. The van der Waals surface area contributed by atoms with Gasteiger partial charge < -0.3 is 20.7 Å². The summed E-state index contributed by atoms with van der Waals surface area (Å²) >= 11 is 8.71. The molecule has 0 bridgehead atoms. The van der Waals surface area contributed by atoms with Gasteiger partial charge in [0.05, 0.1) is 5.69 Å². The number of halogens is 1. The van der Waals surface area contributed by atoms with Gasteiger partial charge in [0.2, 0.25) is 0 Å². The number of nitrogens with one attached hydrogen (secondary N) is 3. The van der Waals surface area contributed by atoms with Crippen LogP contribution in [0, 0.1) is 0 Å². The molecule has 3 rings (SSSR count). The molecule has 0 saturated carbocycles. The average Bonchev–Trinajstić information content (AvgIpc) is 2.48. The molecule has 118 valence electrons. The number of hydrogen-bond donors (Lipinski definition) is 3. The van der Waals surface area contributed by atoms with Gasteiger partial charge in [0, 0.05) is 15.8 Å². The van der Waals surface area contributed by atoms with Crippen LogP contribution >= 0.6 is 28.1 Å². The fourth-order valence-electron chi connectivity index (χ4n) is 2.15. The first-order chi connectivity index (χ1) is 11.0. The molecular formula is C16H14BrN3O2S. The van der Waals surface area contributed by atoms with Crippen LogP contribution in [0.4, 0.5) is 17.1 Å². The summed E-state index contributed by atoms with van der Waals surface area (Å²) in [6.45, 7) is 1.71. The van der Waals surface area contributed by atoms with Crippen LogP contribution < -0.4 is 20.7 Å². The summed E-state index contributed by atoms with van der Waals surface area (Å²) in [6, 6.07) is 13.1. The number of thiocarbonyl (C=S) groups is 1. The molecule has 23 heavy (non-hydrogen) atoms. The van der Waals surface area contributed by atoms with Crippen LogP contribution in [0.25, 0.3) is 0 Å². The van der Waals surface area contributed by atoms with Crippen LogP contribution in [0.1, 0.15) is 6.92 Å². The quantitative estimate of drug-likeness (QED) is 0.675. The van der Waals surface area contributed by atoms with Gasteiger partial charge in [-0.3, -0.25) is 4.79 Å². The second-order valence-corrected chi connectivity index (χ2v) is 6.37. The van der Waals surface area contributed by atoms with Gasteiger partial charge in [-0.25, -0.2) is 0 Å². The molecule has 1 heterocycles. The molecule has 0 fully saturated rings. The molecule has 1 amide bonds. The van der Waals surface area contributed by atoms with E-state index in [1.807, 2.05) is 30.3 Å². The number of amides is 1. The van der Waals surface area contributed by atoms with Gasteiger partial charge in [-0.05, 0) is 55.5 Å². The van der Waals surface area contributed by atoms with Crippen molar-refractivity contribution in [1.29, 1.82) is 0 Å². The van der Waals surface area contributed by atoms with Crippen molar-refractivity contribution in [1.82, 2.24) is 0 Å². The van der Waals surface area contributed by atoms with E-state index in [4.69, 9.17) is 17.0 Å². The van der Waals surface area contributed by atoms with Crippen molar-refractivity contribution >= 4 is 56.2 Å². The predicted molar refractivity (Wildman–Crippen MR) is 99.1 cm³/mol. The van der Waals surface area contributed by atoms with Crippen molar-refractivity contribution < 1.29 is 9.53 Å². The van der Waals surface area contributed by atoms with E-state index >= 15 is 0 Å². The zero-order valence-corrected chi connectivity index (χ0v) is 14.6. The molecule has 0 aromatic heterocycles. The second kappa shape index (κ2) is 6.55. The number of carbonyl (C=O) groups is 1. The summed E-state index contributed by atoms with van der Waals surface area (Å²) in [5, 5.41) is 9.45. The van der Waals surface area contributed by atoms with Gasteiger partial charge in [-0.2, -0.15) is 0 Å². The van der Waals surface area contributed by atoms with Gasteiger partial charge in [-0.15, -0.1) is 0 Å². The lowest BCUT2D eigenvalue weighted by Gasteiger charge is -2.23. The molecule has 7 heteroatoms. The molecule has 0 spiro atoms. The third kappa shape index (κ3) is 3.80. The maximum Gasteiger partial charge on any atom is 0.265 e. The number of anilines is 3. The molecule has 0 unspecified atom stereocenters. The summed E-state index contributed by atoms with van der Waals surface area (Å²) in [6.07, 6.45) is -0.486. The third-order valence-corrected chi connectivity index (χ3v) is 3.95. The second-order valence-electron chi connectivity index (χ2n) is 5.05. The zero-order chi connectivity index (χ0) is 16.4. The van der Waals surface area contributed by atoms with Crippen LogP contribution in [0.15, 0.2) is 46.9 Å². The Morgan fingerprint density at radius 1 is 1.22 bits per heavy atom. The lowest BCUT2D eigenvalue weighted by molar-refractivity contribution is -0.122.